The second kappa shape index (κ2) is 8.67. The van der Waals surface area contributed by atoms with E-state index in [1.54, 1.807) is 0 Å². The lowest BCUT2D eigenvalue weighted by atomic mass is 10.0. The molecular formula is C15H27N3O3. The van der Waals surface area contributed by atoms with Crippen molar-refractivity contribution in [2.24, 2.45) is 5.92 Å². The predicted molar refractivity (Wildman–Crippen MR) is 81.0 cm³/mol. The molecule has 0 aliphatic rings. The van der Waals surface area contributed by atoms with Crippen molar-refractivity contribution in [3.05, 3.63) is 17.0 Å². The molecule has 0 aliphatic heterocycles. The Kier molecular flexibility index (Phi) is 7.22. The lowest BCUT2D eigenvalue weighted by Crippen LogP contribution is -2.44. The van der Waals surface area contributed by atoms with Crippen LogP contribution in [-0.4, -0.2) is 28.9 Å². The lowest BCUT2D eigenvalue weighted by Gasteiger charge is -2.21. The van der Waals surface area contributed by atoms with E-state index in [4.69, 9.17) is 9.63 Å². The summed E-state index contributed by atoms with van der Waals surface area (Å²) in [6.07, 6.45) is 2.09. The summed E-state index contributed by atoms with van der Waals surface area (Å²) in [5, 5.41) is 18.8. The van der Waals surface area contributed by atoms with Crippen molar-refractivity contribution in [1.82, 2.24) is 15.8 Å². The van der Waals surface area contributed by atoms with E-state index in [1.165, 1.54) is 0 Å². The first-order valence-corrected chi connectivity index (χ1v) is 7.64. The molecule has 0 saturated heterocycles. The standard InChI is InChI=1S/C15H27N3O3/c1-5-12-11(14(6-2)21-18-12)9-16-15(20)17-13(7-8-19)10(3)4/h10,13,19H,5-9H2,1-4H3,(H2,16,17,20). The Morgan fingerprint density at radius 2 is 2.05 bits per heavy atom. The van der Waals surface area contributed by atoms with Crippen molar-refractivity contribution in [1.29, 1.82) is 0 Å². The van der Waals surface area contributed by atoms with E-state index in [2.05, 4.69) is 15.8 Å². The molecule has 0 aliphatic carbocycles. The Balaban J connectivity index is 2.58. The van der Waals surface area contributed by atoms with Gasteiger partial charge in [0.15, 0.2) is 0 Å². The number of aryl methyl sites for hydroxylation is 2. The van der Waals surface area contributed by atoms with Gasteiger partial charge in [-0.05, 0) is 18.8 Å². The number of rotatable bonds is 8. The zero-order valence-corrected chi connectivity index (χ0v) is 13.4. The highest BCUT2D eigenvalue weighted by Gasteiger charge is 2.17. The van der Waals surface area contributed by atoms with Crippen LogP contribution in [0.2, 0.25) is 0 Å². The Morgan fingerprint density at radius 1 is 1.33 bits per heavy atom. The molecule has 1 rings (SSSR count). The van der Waals surface area contributed by atoms with E-state index in [0.29, 0.717) is 13.0 Å². The lowest BCUT2D eigenvalue weighted by molar-refractivity contribution is 0.218. The number of hydrogen-bond acceptors (Lipinski definition) is 4. The van der Waals surface area contributed by atoms with Gasteiger partial charge in [0.05, 0.1) is 5.69 Å². The van der Waals surface area contributed by atoms with E-state index in [1.807, 2.05) is 27.7 Å². The minimum Gasteiger partial charge on any atom is -0.396 e. The molecule has 0 aromatic carbocycles. The zero-order valence-electron chi connectivity index (χ0n) is 13.4. The van der Waals surface area contributed by atoms with Crippen LogP contribution in [-0.2, 0) is 19.4 Å². The minimum atomic E-state index is -0.229. The highest BCUT2D eigenvalue weighted by atomic mass is 16.5. The molecule has 21 heavy (non-hydrogen) atoms. The number of hydrogen-bond donors (Lipinski definition) is 3. The first kappa shape index (κ1) is 17.5. The molecule has 3 N–H and O–H groups in total. The number of nitrogens with one attached hydrogen (secondary N) is 2. The normalized spacial score (nSPS) is 12.5. The summed E-state index contributed by atoms with van der Waals surface area (Å²) in [6.45, 7) is 8.52. The van der Waals surface area contributed by atoms with Crippen LogP contribution in [0.15, 0.2) is 4.52 Å². The molecule has 0 saturated carbocycles. The number of amides is 2. The fourth-order valence-corrected chi connectivity index (χ4v) is 2.24. The molecule has 1 atom stereocenters. The van der Waals surface area contributed by atoms with Crippen LogP contribution < -0.4 is 10.6 Å². The predicted octanol–water partition coefficient (Wildman–Crippen LogP) is 2.01. The molecule has 1 unspecified atom stereocenters. The first-order chi connectivity index (χ1) is 10.0. The third kappa shape index (κ3) is 5.04. The molecule has 0 fully saturated rings. The van der Waals surface area contributed by atoms with E-state index in [9.17, 15) is 4.79 Å². The van der Waals surface area contributed by atoms with E-state index < -0.39 is 0 Å². The first-order valence-electron chi connectivity index (χ1n) is 7.64. The van der Waals surface area contributed by atoms with Gasteiger partial charge in [0.2, 0.25) is 0 Å². The highest BCUT2D eigenvalue weighted by Crippen LogP contribution is 2.15. The van der Waals surface area contributed by atoms with Gasteiger partial charge < -0.3 is 20.3 Å². The Bertz CT molecular complexity index is 422. The van der Waals surface area contributed by atoms with Crippen LogP contribution in [0.1, 0.15) is 51.1 Å². The summed E-state index contributed by atoms with van der Waals surface area (Å²) in [7, 11) is 0. The van der Waals surface area contributed by atoms with Crippen molar-refractivity contribution in [3.63, 3.8) is 0 Å². The highest BCUT2D eigenvalue weighted by molar-refractivity contribution is 5.74. The summed E-state index contributed by atoms with van der Waals surface area (Å²) in [5.74, 6) is 1.10. The van der Waals surface area contributed by atoms with Gasteiger partial charge in [-0.1, -0.05) is 32.9 Å². The summed E-state index contributed by atoms with van der Waals surface area (Å²) in [4.78, 5) is 12.0. The minimum absolute atomic E-state index is 0.0336. The maximum atomic E-state index is 12.0. The van der Waals surface area contributed by atoms with E-state index in [0.717, 1.165) is 29.9 Å². The molecule has 120 valence electrons. The van der Waals surface area contributed by atoms with Crippen molar-refractivity contribution >= 4 is 6.03 Å². The Hall–Kier alpha value is -1.56. The smallest absolute Gasteiger partial charge is 0.315 e. The molecule has 6 heteroatoms. The van der Waals surface area contributed by atoms with Gasteiger partial charge >= 0.3 is 6.03 Å². The molecular weight excluding hydrogens is 270 g/mol. The fraction of sp³-hybridized carbons (Fsp3) is 0.733. The van der Waals surface area contributed by atoms with Gasteiger partial charge in [-0.25, -0.2) is 4.79 Å². The zero-order chi connectivity index (χ0) is 15.8. The number of carbonyl (C=O) groups is 1. The number of aliphatic hydroxyl groups is 1. The van der Waals surface area contributed by atoms with Crippen LogP contribution in [0.3, 0.4) is 0 Å². The molecule has 1 heterocycles. The average Bonchev–Trinajstić information content (AvgIpc) is 2.86. The Labute approximate surface area is 126 Å². The quantitative estimate of drug-likeness (QED) is 0.685. The number of urea groups is 1. The summed E-state index contributed by atoms with van der Waals surface area (Å²) in [6, 6.07) is -0.263. The van der Waals surface area contributed by atoms with Crippen molar-refractivity contribution in [2.75, 3.05) is 6.61 Å². The fourth-order valence-electron chi connectivity index (χ4n) is 2.24. The molecule has 2 amide bonds. The van der Waals surface area contributed by atoms with Gasteiger partial charge in [-0.15, -0.1) is 0 Å². The van der Waals surface area contributed by atoms with Crippen LogP contribution in [0.25, 0.3) is 0 Å². The van der Waals surface area contributed by atoms with Crippen LogP contribution in [0.5, 0.6) is 0 Å². The SMILES string of the molecule is CCc1noc(CC)c1CNC(=O)NC(CCO)C(C)C. The van der Waals surface area contributed by atoms with Gasteiger partial charge in [0.25, 0.3) is 0 Å². The van der Waals surface area contributed by atoms with Gasteiger partial charge in [-0.2, -0.15) is 0 Å². The largest absolute Gasteiger partial charge is 0.396 e. The van der Waals surface area contributed by atoms with E-state index >= 15 is 0 Å². The van der Waals surface area contributed by atoms with Crippen molar-refractivity contribution < 1.29 is 14.4 Å². The summed E-state index contributed by atoms with van der Waals surface area (Å²) in [5.41, 5.74) is 1.86. The van der Waals surface area contributed by atoms with Crippen LogP contribution in [0.4, 0.5) is 4.79 Å². The number of aliphatic hydroxyl groups excluding tert-OH is 1. The number of nitrogens with zero attached hydrogens (tertiary/aromatic N) is 1. The van der Waals surface area contributed by atoms with Gasteiger partial charge in [-0.3, -0.25) is 0 Å². The maximum absolute atomic E-state index is 12.0. The second-order valence-corrected chi connectivity index (χ2v) is 5.43. The molecule has 0 spiro atoms. The molecule has 1 aromatic rings. The van der Waals surface area contributed by atoms with Crippen LogP contribution in [0, 0.1) is 5.92 Å². The van der Waals surface area contributed by atoms with Crippen molar-refractivity contribution in [3.8, 4) is 0 Å². The average molecular weight is 297 g/mol. The Morgan fingerprint density at radius 3 is 2.57 bits per heavy atom. The number of carbonyl (C=O) groups excluding carboxylic acids is 1. The topological polar surface area (TPSA) is 87.4 Å². The summed E-state index contributed by atoms with van der Waals surface area (Å²) >= 11 is 0. The third-order valence-corrected chi connectivity index (χ3v) is 3.59. The number of aromatic nitrogens is 1. The molecule has 0 radical (unpaired) electrons. The molecule has 0 bridgehead atoms. The monoisotopic (exact) mass is 297 g/mol. The third-order valence-electron chi connectivity index (χ3n) is 3.59. The van der Waals surface area contributed by atoms with Gasteiger partial charge in [0, 0.05) is 31.2 Å². The molecule has 6 nitrogen and oxygen atoms in total. The van der Waals surface area contributed by atoms with Gasteiger partial charge in [0.1, 0.15) is 5.76 Å². The van der Waals surface area contributed by atoms with Crippen molar-refractivity contribution in [2.45, 2.75) is 59.5 Å². The van der Waals surface area contributed by atoms with Crippen LogP contribution >= 0.6 is 0 Å². The summed E-state index contributed by atoms with van der Waals surface area (Å²) < 4.78 is 5.27. The molecule has 1 aromatic heterocycles. The van der Waals surface area contributed by atoms with E-state index in [-0.39, 0.29) is 24.6 Å². The second-order valence-electron chi connectivity index (χ2n) is 5.43. The maximum Gasteiger partial charge on any atom is 0.315 e.